The maximum absolute atomic E-state index is 12.0. The lowest BCUT2D eigenvalue weighted by atomic mass is 10.2. The summed E-state index contributed by atoms with van der Waals surface area (Å²) in [4.78, 5) is 24.4. The van der Waals surface area contributed by atoms with Crippen LogP contribution in [-0.2, 0) is 18.4 Å². The van der Waals surface area contributed by atoms with Crippen molar-refractivity contribution in [1.29, 1.82) is 0 Å². The van der Waals surface area contributed by atoms with Crippen LogP contribution in [0.3, 0.4) is 0 Å². The topological polar surface area (TPSA) is 87.5 Å². The van der Waals surface area contributed by atoms with Gasteiger partial charge in [-0.2, -0.15) is 5.10 Å². The first-order valence-electron chi connectivity index (χ1n) is 6.25. The Labute approximate surface area is 111 Å². The van der Waals surface area contributed by atoms with Crippen molar-refractivity contribution in [2.45, 2.75) is 32.4 Å². The Bertz CT molecular complexity index is 497. The number of aliphatic carboxylic acids is 1. The minimum Gasteiger partial charge on any atom is -0.480 e. The molecule has 2 N–H and O–H groups in total. The Morgan fingerprint density at radius 2 is 2.32 bits per heavy atom. The van der Waals surface area contributed by atoms with Gasteiger partial charge in [0.2, 0.25) is 0 Å². The predicted molar refractivity (Wildman–Crippen MR) is 67.5 cm³/mol. The average molecular weight is 266 g/mol. The van der Waals surface area contributed by atoms with Crippen LogP contribution in [0.25, 0.3) is 0 Å². The first kappa shape index (κ1) is 13.4. The fourth-order valence-corrected chi connectivity index (χ4v) is 2.26. The zero-order chi connectivity index (χ0) is 14.0. The number of aromatic nitrogens is 2. The van der Waals surface area contributed by atoms with Crippen LogP contribution in [0.15, 0.2) is 6.20 Å². The summed E-state index contributed by atoms with van der Waals surface area (Å²) in [5.74, 6) is -0.940. The zero-order valence-electron chi connectivity index (χ0n) is 11.1. The molecule has 0 aliphatic carbocycles. The van der Waals surface area contributed by atoms with E-state index in [1.165, 1.54) is 4.90 Å². The van der Waals surface area contributed by atoms with E-state index in [9.17, 15) is 9.59 Å². The van der Waals surface area contributed by atoms with E-state index >= 15 is 0 Å². The van der Waals surface area contributed by atoms with Crippen LogP contribution < -0.4 is 5.32 Å². The number of carbonyl (C=O) groups excluding carboxylic acids is 1. The second kappa shape index (κ2) is 5.29. The van der Waals surface area contributed by atoms with Crippen LogP contribution in [-0.4, -0.2) is 44.4 Å². The van der Waals surface area contributed by atoms with Crippen molar-refractivity contribution >= 4 is 12.0 Å². The number of nitrogens with zero attached hydrogens (tertiary/aromatic N) is 3. The van der Waals surface area contributed by atoms with Crippen molar-refractivity contribution in [1.82, 2.24) is 20.0 Å². The third-order valence-corrected chi connectivity index (χ3v) is 3.57. The van der Waals surface area contributed by atoms with Crippen LogP contribution in [0.2, 0.25) is 0 Å². The summed E-state index contributed by atoms with van der Waals surface area (Å²) < 4.78 is 1.73. The summed E-state index contributed by atoms with van der Waals surface area (Å²) in [6, 6.07) is -1.02. The molecule has 104 valence electrons. The molecule has 0 saturated carbocycles. The number of hydrogen-bond donors (Lipinski definition) is 2. The third kappa shape index (κ3) is 2.69. The predicted octanol–water partition coefficient (Wildman–Crippen LogP) is 0.487. The second-order valence-corrected chi connectivity index (χ2v) is 4.73. The number of aryl methyl sites for hydroxylation is 1. The molecule has 7 heteroatoms. The molecule has 0 spiro atoms. The summed E-state index contributed by atoms with van der Waals surface area (Å²) in [6.07, 6.45) is 2.96. The Balaban J connectivity index is 1.94. The summed E-state index contributed by atoms with van der Waals surface area (Å²) in [6.45, 7) is 2.78. The largest absolute Gasteiger partial charge is 0.480 e. The van der Waals surface area contributed by atoms with Gasteiger partial charge in [0, 0.05) is 31.4 Å². The molecular formula is C12H18N4O3. The molecule has 1 saturated heterocycles. The monoisotopic (exact) mass is 266 g/mol. The van der Waals surface area contributed by atoms with Gasteiger partial charge in [0.05, 0.1) is 6.20 Å². The van der Waals surface area contributed by atoms with E-state index in [1.54, 1.807) is 10.9 Å². The Kier molecular flexibility index (Phi) is 3.73. The number of hydrogen-bond acceptors (Lipinski definition) is 3. The first-order valence-corrected chi connectivity index (χ1v) is 6.25. The van der Waals surface area contributed by atoms with Gasteiger partial charge in [0.1, 0.15) is 6.04 Å². The maximum Gasteiger partial charge on any atom is 0.326 e. The van der Waals surface area contributed by atoms with Gasteiger partial charge >= 0.3 is 12.0 Å². The van der Waals surface area contributed by atoms with E-state index in [2.05, 4.69) is 10.4 Å². The molecular weight excluding hydrogens is 248 g/mol. The van der Waals surface area contributed by atoms with Gasteiger partial charge in [-0.1, -0.05) is 0 Å². The number of carboxylic acid groups (broad SMARTS) is 1. The molecule has 0 radical (unpaired) electrons. The number of nitrogens with one attached hydrogen (secondary N) is 1. The molecule has 1 unspecified atom stereocenters. The normalized spacial score (nSPS) is 18.6. The molecule has 1 atom stereocenters. The molecule has 1 aromatic rings. The maximum atomic E-state index is 12.0. The fourth-order valence-electron chi connectivity index (χ4n) is 2.26. The molecule has 0 bridgehead atoms. The summed E-state index contributed by atoms with van der Waals surface area (Å²) in [5, 5.41) is 15.9. The van der Waals surface area contributed by atoms with Crippen LogP contribution in [0, 0.1) is 6.92 Å². The van der Waals surface area contributed by atoms with Gasteiger partial charge in [-0.15, -0.1) is 0 Å². The van der Waals surface area contributed by atoms with E-state index < -0.39 is 12.0 Å². The van der Waals surface area contributed by atoms with Crippen molar-refractivity contribution in [3.05, 3.63) is 17.5 Å². The van der Waals surface area contributed by atoms with Gasteiger partial charge in [0.25, 0.3) is 0 Å². The lowest BCUT2D eigenvalue weighted by molar-refractivity contribution is -0.141. The lowest BCUT2D eigenvalue weighted by Gasteiger charge is -2.21. The molecule has 19 heavy (non-hydrogen) atoms. The average Bonchev–Trinajstić information content (AvgIpc) is 2.96. The number of carbonyl (C=O) groups is 2. The molecule has 1 aromatic heterocycles. The van der Waals surface area contributed by atoms with Gasteiger partial charge in [-0.3, -0.25) is 4.68 Å². The standard InChI is InChI=1S/C12H18N4O3/c1-8-9(7-14-15(8)2)6-13-12(19)16-5-3-4-10(16)11(17)18/h7,10H,3-6H2,1-2H3,(H,13,19)(H,17,18). The highest BCUT2D eigenvalue weighted by Gasteiger charge is 2.33. The summed E-state index contributed by atoms with van der Waals surface area (Å²) >= 11 is 0. The van der Waals surface area contributed by atoms with Crippen molar-refractivity contribution < 1.29 is 14.7 Å². The molecule has 1 aliphatic heterocycles. The van der Waals surface area contributed by atoms with E-state index in [4.69, 9.17) is 5.11 Å². The second-order valence-electron chi connectivity index (χ2n) is 4.73. The lowest BCUT2D eigenvalue weighted by Crippen LogP contribution is -2.45. The van der Waals surface area contributed by atoms with E-state index in [0.717, 1.165) is 17.7 Å². The smallest absolute Gasteiger partial charge is 0.326 e. The van der Waals surface area contributed by atoms with Crippen molar-refractivity contribution in [2.24, 2.45) is 7.05 Å². The molecule has 2 rings (SSSR count). The SMILES string of the molecule is Cc1c(CNC(=O)N2CCCC2C(=O)O)cnn1C. The van der Waals surface area contributed by atoms with Crippen LogP contribution in [0.4, 0.5) is 4.79 Å². The van der Waals surface area contributed by atoms with Crippen molar-refractivity contribution in [3.8, 4) is 0 Å². The van der Waals surface area contributed by atoms with Crippen molar-refractivity contribution in [2.75, 3.05) is 6.54 Å². The van der Waals surface area contributed by atoms with Crippen molar-refractivity contribution in [3.63, 3.8) is 0 Å². The summed E-state index contributed by atoms with van der Waals surface area (Å²) in [7, 11) is 1.83. The van der Waals surface area contributed by atoms with Crippen LogP contribution in [0.5, 0.6) is 0 Å². The molecule has 1 fully saturated rings. The minimum atomic E-state index is -0.940. The van der Waals surface area contributed by atoms with Crippen LogP contribution >= 0.6 is 0 Å². The Morgan fingerprint density at radius 1 is 1.58 bits per heavy atom. The Hall–Kier alpha value is -2.05. The highest BCUT2D eigenvalue weighted by atomic mass is 16.4. The van der Waals surface area contributed by atoms with E-state index in [1.807, 2.05) is 14.0 Å². The molecule has 2 amide bonds. The number of likely N-dealkylation sites (tertiary alicyclic amines) is 1. The van der Waals surface area contributed by atoms with E-state index in [-0.39, 0.29) is 6.03 Å². The zero-order valence-corrected chi connectivity index (χ0v) is 11.1. The number of rotatable bonds is 3. The fraction of sp³-hybridized carbons (Fsp3) is 0.583. The molecule has 1 aliphatic rings. The Morgan fingerprint density at radius 3 is 2.89 bits per heavy atom. The summed E-state index contributed by atoms with van der Waals surface area (Å²) in [5.41, 5.74) is 1.92. The molecule has 2 heterocycles. The first-order chi connectivity index (χ1) is 9.00. The number of carboxylic acids is 1. The highest BCUT2D eigenvalue weighted by molar-refractivity contribution is 5.83. The quantitative estimate of drug-likeness (QED) is 0.833. The van der Waals surface area contributed by atoms with Gasteiger partial charge in [0.15, 0.2) is 0 Å². The van der Waals surface area contributed by atoms with Gasteiger partial charge in [-0.05, 0) is 19.8 Å². The molecule has 0 aromatic carbocycles. The third-order valence-electron chi connectivity index (χ3n) is 3.57. The van der Waals surface area contributed by atoms with Crippen LogP contribution in [0.1, 0.15) is 24.1 Å². The van der Waals surface area contributed by atoms with Gasteiger partial charge in [-0.25, -0.2) is 9.59 Å². The molecule has 7 nitrogen and oxygen atoms in total. The van der Waals surface area contributed by atoms with Gasteiger partial charge < -0.3 is 15.3 Å². The minimum absolute atomic E-state index is 0.326. The highest BCUT2D eigenvalue weighted by Crippen LogP contribution is 2.17. The number of urea groups is 1. The van der Waals surface area contributed by atoms with E-state index in [0.29, 0.717) is 19.5 Å². The number of amides is 2.